The van der Waals surface area contributed by atoms with Crippen molar-refractivity contribution in [3.05, 3.63) is 65.2 Å². The Morgan fingerprint density at radius 3 is 2.19 bits per heavy atom. The molecular formula is C20H21F3N2O2. The molecule has 0 spiro atoms. The van der Waals surface area contributed by atoms with Gasteiger partial charge in [0.15, 0.2) is 0 Å². The van der Waals surface area contributed by atoms with Crippen molar-refractivity contribution < 1.29 is 22.8 Å². The lowest BCUT2D eigenvalue weighted by molar-refractivity contribution is -0.137. The molecule has 2 rings (SSSR count). The van der Waals surface area contributed by atoms with Crippen LogP contribution >= 0.6 is 0 Å². The Kier molecular flexibility index (Phi) is 6.25. The van der Waals surface area contributed by atoms with E-state index >= 15 is 0 Å². The van der Waals surface area contributed by atoms with E-state index in [4.69, 9.17) is 0 Å². The van der Waals surface area contributed by atoms with Crippen molar-refractivity contribution in [1.29, 1.82) is 0 Å². The van der Waals surface area contributed by atoms with E-state index < -0.39 is 29.6 Å². The fourth-order valence-corrected chi connectivity index (χ4v) is 2.46. The SMILES string of the molecule is Cc1ccc(C(=O)N[C@H](C(=O)Nc2cccc(C(F)(F)F)c2)C(C)C)cc1. The molecule has 1 atom stereocenters. The number of rotatable bonds is 5. The third kappa shape index (κ3) is 5.57. The summed E-state index contributed by atoms with van der Waals surface area (Å²) in [6.45, 7) is 5.37. The number of hydrogen-bond donors (Lipinski definition) is 2. The van der Waals surface area contributed by atoms with Crippen molar-refractivity contribution in [3.8, 4) is 0 Å². The first-order chi connectivity index (χ1) is 12.6. The number of carbonyl (C=O) groups excluding carboxylic acids is 2. The second kappa shape index (κ2) is 8.24. The number of halogens is 3. The molecule has 0 saturated heterocycles. The van der Waals surface area contributed by atoms with Gasteiger partial charge in [0.1, 0.15) is 6.04 Å². The summed E-state index contributed by atoms with van der Waals surface area (Å²) in [7, 11) is 0. The van der Waals surface area contributed by atoms with Gasteiger partial charge < -0.3 is 10.6 Å². The lowest BCUT2D eigenvalue weighted by atomic mass is 10.0. The minimum absolute atomic E-state index is 0.0186. The molecule has 0 bridgehead atoms. The van der Waals surface area contributed by atoms with E-state index in [-0.39, 0.29) is 11.6 Å². The van der Waals surface area contributed by atoms with Gasteiger partial charge in [-0.05, 0) is 43.2 Å². The molecule has 0 aromatic heterocycles. The standard InChI is InChI=1S/C20H21F3N2O2/c1-12(2)17(25-18(26)14-9-7-13(3)8-10-14)19(27)24-16-6-4-5-15(11-16)20(21,22)23/h4-12,17H,1-3H3,(H,24,27)(H,25,26)/t17-/m0/s1. The Hall–Kier alpha value is -2.83. The van der Waals surface area contributed by atoms with E-state index in [1.165, 1.54) is 12.1 Å². The molecule has 0 radical (unpaired) electrons. The van der Waals surface area contributed by atoms with E-state index in [1.807, 2.05) is 6.92 Å². The Balaban J connectivity index is 2.13. The van der Waals surface area contributed by atoms with Crippen LogP contribution in [0.2, 0.25) is 0 Å². The summed E-state index contributed by atoms with van der Waals surface area (Å²) in [4.78, 5) is 24.9. The molecule has 2 N–H and O–H groups in total. The highest BCUT2D eigenvalue weighted by Gasteiger charge is 2.31. The van der Waals surface area contributed by atoms with Crippen molar-refractivity contribution in [2.75, 3.05) is 5.32 Å². The number of carbonyl (C=O) groups is 2. The van der Waals surface area contributed by atoms with Crippen LogP contribution < -0.4 is 10.6 Å². The fraction of sp³-hybridized carbons (Fsp3) is 0.300. The molecule has 4 nitrogen and oxygen atoms in total. The Morgan fingerprint density at radius 2 is 1.63 bits per heavy atom. The third-order valence-electron chi connectivity index (χ3n) is 4.01. The molecule has 0 fully saturated rings. The summed E-state index contributed by atoms with van der Waals surface area (Å²) >= 11 is 0. The lowest BCUT2D eigenvalue weighted by Crippen LogP contribution is -2.47. The van der Waals surface area contributed by atoms with Crippen LogP contribution in [0, 0.1) is 12.8 Å². The quantitative estimate of drug-likeness (QED) is 0.810. The minimum atomic E-state index is -4.50. The predicted octanol–water partition coefficient (Wildman–Crippen LogP) is 4.41. The van der Waals surface area contributed by atoms with Crippen LogP contribution in [-0.2, 0) is 11.0 Å². The molecule has 7 heteroatoms. The summed E-state index contributed by atoms with van der Waals surface area (Å²) in [5.41, 5.74) is 0.558. The minimum Gasteiger partial charge on any atom is -0.340 e. The van der Waals surface area contributed by atoms with Crippen molar-refractivity contribution in [1.82, 2.24) is 5.32 Å². The Bertz CT molecular complexity index is 815. The molecule has 0 unspecified atom stereocenters. The van der Waals surface area contributed by atoms with Crippen LogP contribution in [0.5, 0.6) is 0 Å². The van der Waals surface area contributed by atoms with Gasteiger partial charge in [-0.1, -0.05) is 37.6 Å². The zero-order chi connectivity index (χ0) is 20.2. The van der Waals surface area contributed by atoms with Crippen molar-refractivity contribution in [2.45, 2.75) is 33.0 Å². The summed E-state index contributed by atoms with van der Waals surface area (Å²) in [6.07, 6.45) is -4.50. The molecular weight excluding hydrogens is 357 g/mol. The monoisotopic (exact) mass is 378 g/mol. The third-order valence-corrected chi connectivity index (χ3v) is 4.01. The van der Waals surface area contributed by atoms with Crippen molar-refractivity contribution in [3.63, 3.8) is 0 Å². The molecule has 0 aliphatic carbocycles. The van der Waals surface area contributed by atoms with Crippen LogP contribution in [-0.4, -0.2) is 17.9 Å². The van der Waals surface area contributed by atoms with Crippen molar-refractivity contribution >= 4 is 17.5 Å². The number of benzene rings is 2. The number of nitrogens with one attached hydrogen (secondary N) is 2. The van der Waals surface area contributed by atoms with Gasteiger partial charge >= 0.3 is 6.18 Å². The van der Waals surface area contributed by atoms with Crippen LogP contribution in [0.1, 0.15) is 35.3 Å². The van der Waals surface area contributed by atoms with E-state index in [0.717, 1.165) is 17.7 Å². The lowest BCUT2D eigenvalue weighted by Gasteiger charge is -2.22. The van der Waals surface area contributed by atoms with Crippen LogP contribution in [0.25, 0.3) is 0 Å². The molecule has 2 aromatic carbocycles. The largest absolute Gasteiger partial charge is 0.416 e. The molecule has 144 valence electrons. The number of aryl methyl sites for hydroxylation is 1. The maximum absolute atomic E-state index is 12.8. The van der Waals surface area contributed by atoms with Gasteiger partial charge in [0.25, 0.3) is 5.91 Å². The summed E-state index contributed by atoms with van der Waals surface area (Å²) < 4.78 is 38.4. The smallest absolute Gasteiger partial charge is 0.340 e. The first kappa shape index (κ1) is 20.5. The maximum atomic E-state index is 12.8. The summed E-state index contributed by atoms with van der Waals surface area (Å²) in [6, 6.07) is 10.3. The maximum Gasteiger partial charge on any atom is 0.416 e. The number of hydrogen-bond acceptors (Lipinski definition) is 2. The average molecular weight is 378 g/mol. The molecule has 0 saturated carbocycles. The Morgan fingerprint density at radius 1 is 1.00 bits per heavy atom. The molecule has 2 amide bonds. The van der Waals surface area contributed by atoms with E-state index in [9.17, 15) is 22.8 Å². The molecule has 0 heterocycles. The normalized spacial score (nSPS) is 12.6. The van der Waals surface area contributed by atoms with Gasteiger partial charge in [-0.25, -0.2) is 0 Å². The molecule has 0 aliphatic heterocycles. The van der Waals surface area contributed by atoms with Crippen LogP contribution in [0.15, 0.2) is 48.5 Å². The van der Waals surface area contributed by atoms with Gasteiger partial charge in [-0.3, -0.25) is 9.59 Å². The molecule has 2 aromatic rings. The van der Waals surface area contributed by atoms with Crippen LogP contribution in [0.4, 0.5) is 18.9 Å². The fourth-order valence-electron chi connectivity index (χ4n) is 2.46. The van der Waals surface area contributed by atoms with E-state index in [2.05, 4.69) is 10.6 Å². The van der Waals surface area contributed by atoms with E-state index in [0.29, 0.717) is 5.56 Å². The molecule has 0 aliphatic rings. The second-order valence-electron chi connectivity index (χ2n) is 6.63. The van der Waals surface area contributed by atoms with E-state index in [1.54, 1.807) is 38.1 Å². The first-order valence-corrected chi connectivity index (χ1v) is 8.43. The highest BCUT2D eigenvalue weighted by molar-refractivity contribution is 6.01. The zero-order valence-electron chi connectivity index (χ0n) is 15.2. The van der Waals surface area contributed by atoms with Gasteiger partial charge in [-0.15, -0.1) is 0 Å². The Labute approximate surface area is 155 Å². The first-order valence-electron chi connectivity index (χ1n) is 8.43. The van der Waals surface area contributed by atoms with Gasteiger partial charge in [0, 0.05) is 11.3 Å². The summed E-state index contributed by atoms with van der Waals surface area (Å²) in [5.74, 6) is -1.26. The number of amides is 2. The second-order valence-corrected chi connectivity index (χ2v) is 6.63. The topological polar surface area (TPSA) is 58.2 Å². The summed E-state index contributed by atoms with van der Waals surface area (Å²) in [5, 5.41) is 5.09. The highest BCUT2D eigenvalue weighted by atomic mass is 19.4. The molecule has 27 heavy (non-hydrogen) atoms. The highest BCUT2D eigenvalue weighted by Crippen LogP contribution is 2.30. The number of anilines is 1. The number of alkyl halides is 3. The predicted molar refractivity (Wildman–Crippen MR) is 97.3 cm³/mol. The van der Waals surface area contributed by atoms with Crippen LogP contribution in [0.3, 0.4) is 0 Å². The van der Waals surface area contributed by atoms with Gasteiger partial charge in [-0.2, -0.15) is 13.2 Å². The van der Waals surface area contributed by atoms with Crippen molar-refractivity contribution in [2.24, 2.45) is 5.92 Å². The van der Waals surface area contributed by atoms with Gasteiger partial charge in [0.2, 0.25) is 5.91 Å². The average Bonchev–Trinajstić information content (AvgIpc) is 2.59. The zero-order valence-corrected chi connectivity index (χ0v) is 15.2. The van der Waals surface area contributed by atoms with Gasteiger partial charge in [0.05, 0.1) is 5.56 Å².